The van der Waals surface area contributed by atoms with Crippen LogP contribution in [0, 0.1) is 11.6 Å². The van der Waals surface area contributed by atoms with Crippen LogP contribution in [0.4, 0.5) is 14.7 Å². The standard InChI is InChI=1S/C14H10ClF2N3O/c1-21-11-6-7(2-3-8(11)15)20-13-10(19-14(20)18)5-4-9(16)12(13)17/h2-6H,1H3,(H2,18,19). The van der Waals surface area contributed by atoms with E-state index in [4.69, 9.17) is 22.1 Å². The molecule has 108 valence electrons. The van der Waals surface area contributed by atoms with Gasteiger partial charge in [-0.25, -0.2) is 13.8 Å². The third-order valence-corrected chi connectivity index (χ3v) is 3.44. The molecular formula is C14H10ClF2N3O. The number of anilines is 1. The van der Waals surface area contributed by atoms with Gasteiger partial charge in [0, 0.05) is 6.07 Å². The second kappa shape index (κ2) is 4.89. The molecule has 21 heavy (non-hydrogen) atoms. The number of fused-ring (bicyclic) bond motifs is 1. The monoisotopic (exact) mass is 309 g/mol. The third-order valence-electron chi connectivity index (χ3n) is 3.13. The summed E-state index contributed by atoms with van der Waals surface area (Å²) in [5.74, 6) is -1.54. The SMILES string of the molecule is COc1cc(-n2c(N)nc3ccc(F)c(F)c32)ccc1Cl. The number of hydrogen-bond acceptors (Lipinski definition) is 3. The first-order chi connectivity index (χ1) is 10.0. The molecule has 0 atom stereocenters. The van der Waals surface area contributed by atoms with Crippen LogP contribution < -0.4 is 10.5 Å². The number of nitrogen functional groups attached to an aromatic ring is 1. The summed E-state index contributed by atoms with van der Waals surface area (Å²) in [7, 11) is 1.46. The van der Waals surface area contributed by atoms with Crippen molar-refractivity contribution in [3.05, 3.63) is 47.0 Å². The van der Waals surface area contributed by atoms with Gasteiger partial charge in [-0.05, 0) is 24.3 Å². The molecule has 0 aliphatic carbocycles. The molecule has 2 N–H and O–H groups in total. The van der Waals surface area contributed by atoms with Crippen LogP contribution in [0.25, 0.3) is 16.7 Å². The average molecular weight is 310 g/mol. The number of nitrogens with zero attached hydrogens (tertiary/aromatic N) is 2. The molecule has 4 nitrogen and oxygen atoms in total. The highest BCUT2D eigenvalue weighted by molar-refractivity contribution is 6.32. The minimum atomic E-state index is -1.01. The summed E-state index contributed by atoms with van der Waals surface area (Å²) < 4.78 is 34.0. The molecular weight excluding hydrogens is 300 g/mol. The predicted octanol–water partition coefficient (Wildman–Crippen LogP) is 3.55. The van der Waals surface area contributed by atoms with E-state index in [0.717, 1.165) is 6.07 Å². The fourth-order valence-corrected chi connectivity index (χ4v) is 2.36. The Balaban J connectivity index is 2.34. The highest BCUT2D eigenvalue weighted by atomic mass is 35.5. The summed E-state index contributed by atoms with van der Waals surface area (Å²) in [6.45, 7) is 0. The van der Waals surface area contributed by atoms with Crippen molar-refractivity contribution in [1.82, 2.24) is 9.55 Å². The van der Waals surface area contributed by atoms with Crippen molar-refractivity contribution in [2.45, 2.75) is 0 Å². The molecule has 0 aliphatic heterocycles. The molecule has 0 amide bonds. The van der Waals surface area contributed by atoms with Gasteiger partial charge in [-0.2, -0.15) is 0 Å². The molecule has 0 saturated heterocycles. The first kappa shape index (κ1) is 13.6. The molecule has 0 aliphatic rings. The topological polar surface area (TPSA) is 53.1 Å². The van der Waals surface area contributed by atoms with Crippen molar-refractivity contribution >= 4 is 28.6 Å². The van der Waals surface area contributed by atoms with Crippen LogP contribution in [0.1, 0.15) is 0 Å². The van der Waals surface area contributed by atoms with Crippen molar-refractivity contribution in [3.8, 4) is 11.4 Å². The fourth-order valence-electron chi connectivity index (χ4n) is 2.17. The van der Waals surface area contributed by atoms with Crippen molar-refractivity contribution in [1.29, 1.82) is 0 Å². The lowest BCUT2D eigenvalue weighted by Crippen LogP contribution is -2.02. The van der Waals surface area contributed by atoms with Crippen LogP contribution in [-0.4, -0.2) is 16.7 Å². The van der Waals surface area contributed by atoms with E-state index in [2.05, 4.69) is 4.98 Å². The molecule has 0 bridgehead atoms. The second-order valence-corrected chi connectivity index (χ2v) is 4.76. The van der Waals surface area contributed by atoms with Crippen molar-refractivity contribution in [2.75, 3.05) is 12.8 Å². The summed E-state index contributed by atoms with van der Waals surface area (Å²) in [6.07, 6.45) is 0. The third kappa shape index (κ3) is 2.08. The molecule has 0 saturated carbocycles. The van der Waals surface area contributed by atoms with E-state index < -0.39 is 11.6 Å². The van der Waals surface area contributed by atoms with Gasteiger partial charge in [-0.3, -0.25) is 4.57 Å². The molecule has 0 spiro atoms. The number of rotatable bonds is 2. The Morgan fingerprint density at radius 2 is 2.00 bits per heavy atom. The summed E-state index contributed by atoms with van der Waals surface area (Å²) >= 11 is 5.96. The molecule has 1 heterocycles. The Hall–Kier alpha value is -2.34. The molecule has 3 aromatic rings. The van der Waals surface area contributed by atoms with Gasteiger partial charge in [0.2, 0.25) is 5.95 Å². The first-order valence-electron chi connectivity index (χ1n) is 5.98. The largest absolute Gasteiger partial charge is 0.495 e. The molecule has 3 rings (SSSR count). The number of halogens is 3. The van der Waals surface area contributed by atoms with Crippen molar-refractivity contribution in [2.24, 2.45) is 0 Å². The van der Waals surface area contributed by atoms with Crippen LogP contribution >= 0.6 is 11.6 Å². The maximum absolute atomic E-state index is 14.1. The van der Waals surface area contributed by atoms with Crippen molar-refractivity contribution in [3.63, 3.8) is 0 Å². The average Bonchev–Trinajstić information content (AvgIpc) is 2.81. The number of benzene rings is 2. The van der Waals surface area contributed by atoms with Gasteiger partial charge in [-0.1, -0.05) is 11.6 Å². The maximum atomic E-state index is 14.1. The Bertz CT molecular complexity index is 848. The fraction of sp³-hybridized carbons (Fsp3) is 0.0714. The lowest BCUT2D eigenvalue weighted by Gasteiger charge is -2.10. The predicted molar refractivity (Wildman–Crippen MR) is 77.0 cm³/mol. The molecule has 0 unspecified atom stereocenters. The lowest BCUT2D eigenvalue weighted by molar-refractivity contribution is 0.415. The van der Waals surface area contributed by atoms with E-state index in [1.165, 1.54) is 17.7 Å². The molecule has 2 aromatic carbocycles. The lowest BCUT2D eigenvalue weighted by atomic mass is 10.2. The first-order valence-corrected chi connectivity index (χ1v) is 6.36. The normalized spacial score (nSPS) is 11.0. The Morgan fingerprint density at radius 3 is 2.71 bits per heavy atom. The highest BCUT2D eigenvalue weighted by Gasteiger charge is 2.18. The summed E-state index contributed by atoms with van der Waals surface area (Å²) in [6, 6.07) is 7.15. The molecule has 0 fully saturated rings. The highest BCUT2D eigenvalue weighted by Crippen LogP contribution is 2.31. The van der Waals surface area contributed by atoms with Gasteiger partial charge in [0.15, 0.2) is 11.6 Å². The zero-order chi connectivity index (χ0) is 15.1. The van der Waals surface area contributed by atoms with E-state index >= 15 is 0 Å². The Labute approximate surface area is 123 Å². The van der Waals surface area contributed by atoms with Crippen molar-refractivity contribution < 1.29 is 13.5 Å². The van der Waals surface area contributed by atoms with Gasteiger partial charge in [-0.15, -0.1) is 0 Å². The minimum absolute atomic E-state index is 0.0307. The number of imidazole rings is 1. The summed E-state index contributed by atoms with van der Waals surface area (Å²) in [4.78, 5) is 4.03. The van der Waals surface area contributed by atoms with E-state index in [-0.39, 0.29) is 17.0 Å². The summed E-state index contributed by atoms with van der Waals surface area (Å²) in [5.41, 5.74) is 6.53. The zero-order valence-electron chi connectivity index (χ0n) is 10.9. The van der Waals surface area contributed by atoms with Gasteiger partial charge in [0.1, 0.15) is 11.3 Å². The van der Waals surface area contributed by atoms with E-state index in [0.29, 0.717) is 16.5 Å². The van der Waals surface area contributed by atoms with Gasteiger partial charge in [0.05, 0.1) is 23.3 Å². The Morgan fingerprint density at radius 1 is 1.24 bits per heavy atom. The number of hydrogen-bond donors (Lipinski definition) is 1. The van der Waals surface area contributed by atoms with Gasteiger partial charge in [0.25, 0.3) is 0 Å². The molecule has 1 aromatic heterocycles. The van der Waals surface area contributed by atoms with Crippen LogP contribution in [0.3, 0.4) is 0 Å². The van der Waals surface area contributed by atoms with Gasteiger partial charge >= 0.3 is 0 Å². The van der Waals surface area contributed by atoms with E-state index in [9.17, 15) is 8.78 Å². The quantitative estimate of drug-likeness (QED) is 0.787. The number of ether oxygens (including phenoxy) is 1. The molecule has 0 radical (unpaired) electrons. The smallest absolute Gasteiger partial charge is 0.206 e. The number of aromatic nitrogens is 2. The van der Waals surface area contributed by atoms with Crippen LogP contribution in [0.5, 0.6) is 5.75 Å². The minimum Gasteiger partial charge on any atom is -0.495 e. The second-order valence-electron chi connectivity index (χ2n) is 4.35. The van der Waals surface area contributed by atoms with Crippen LogP contribution in [0.15, 0.2) is 30.3 Å². The van der Waals surface area contributed by atoms with E-state index in [1.807, 2.05) is 0 Å². The molecule has 7 heteroatoms. The number of nitrogens with two attached hydrogens (primary N) is 1. The van der Waals surface area contributed by atoms with Gasteiger partial charge < -0.3 is 10.5 Å². The van der Waals surface area contributed by atoms with E-state index in [1.54, 1.807) is 18.2 Å². The Kier molecular flexibility index (Phi) is 3.17. The van der Waals surface area contributed by atoms with Crippen LogP contribution in [0.2, 0.25) is 5.02 Å². The maximum Gasteiger partial charge on any atom is 0.206 e. The number of methoxy groups -OCH3 is 1. The summed E-state index contributed by atoms with van der Waals surface area (Å²) in [5, 5.41) is 0.399. The zero-order valence-corrected chi connectivity index (χ0v) is 11.7. The van der Waals surface area contributed by atoms with Crippen LogP contribution in [-0.2, 0) is 0 Å².